The highest BCUT2D eigenvalue weighted by molar-refractivity contribution is 9.10. The third-order valence-corrected chi connectivity index (χ3v) is 4.29. The summed E-state index contributed by atoms with van der Waals surface area (Å²) in [5.41, 5.74) is 7.04. The molecule has 96 valence electrons. The van der Waals surface area contributed by atoms with Crippen LogP contribution >= 0.6 is 27.7 Å². The molecular formula is C12H15BrN4S. The fourth-order valence-corrected chi connectivity index (χ4v) is 3.32. The molecule has 0 bridgehead atoms. The van der Waals surface area contributed by atoms with Crippen LogP contribution in [0.1, 0.15) is 25.5 Å². The molecule has 1 aromatic heterocycles. The predicted octanol–water partition coefficient (Wildman–Crippen LogP) is 3.50. The zero-order chi connectivity index (χ0) is 13.1. The molecule has 0 saturated carbocycles. The van der Waals surface area contributed by atoms with E-state index in [1.807, 2.05) is 22.8 Å². The van der Waals surface area contributed by atoms with Crippen LogP contribution in [0.5, 0.6) is 0 Å². The van der Waals surface area contributed by atoms with Gasteiger partial charge in [-0.25, -0.2) is 0 Å². The van der Waals surface area contributed by atoms with Crippen molar-refractivity contribution in [2.24, 2.45) is 0 Å². The average molecular weight is 327 g/mol. The van der Waals surface area contributed by atoms with Crippen LogP contribution in [-0.4, -0.2) is 14.8 Å². The molecule has 0 fully saturated rings. The van der Waals surface area contributed by atoms with Gasteiger partial charge in [-0.3, -0.25) is 4.57 Å². The van der Waals surface area contributed by atoms with E-state index in [-0.39, 0.29) is 6.04 Å². The van der Waals surface area contributed by atoms with Gasteiger partial charge in [-0.15, -0.1) is 10.2 Å². The minimum Gasteiger partial charge on any atom is -0.368 e. The van der Waals surface area contributed by atoms with Crippen molar-refractivity contribution in [3.63, 3.8) is 0 Å². The lowest BCUT2D eigenvalue weighted by molar-refractivity contribution is 0.557. The maximum Gasteiger partial charge on any atom is 0.222 e. The molecule has 0 atom stereocenters. The van der Waals surface area contributed by atoms with Gasteiger partial charge in [-0.1, -0.05) is 45.9 Å². The molecular weight excluding hydrogens is 312 g/mol. The first-order valence-electron chi connectivity index (χ1n) is 5.66. The van der Waals surface area contributed by atoms with Crippen molar-refractivity contribution in [2.45, 2.75) is 30.8 Å². The summed E-state index contributed by atoms with van der Waals surface area (Å²) in [6.45, 7) is 4.14. The van der Waals surface area contributed by atoms with E-state index >= 15 is 0 Å². The summed E-state index contributed by atoms with van der Waals surface area (Å²) >= 11 is 5.18. The summed E-state index contributed by atoms with van der Waals surface area (Å²) in [6.07, 6.45) is 0. The quantitative estimate of drug-likeness (QED) is 0.873. The number of nitrogens with two attached hydrogens (primary N) is 1. The maximum atomic E-state index is 5.81. The van der Waals surface area contributed by atoms with Crippen LogP contribution in [-0.2, 0) is 5.75 Å². The third-order valence-electron chi connectivity index (χ3n) is 2.52. The number of aromatic nitrogens is 3. The van der Waals surface area contributed by atoms with E-state index in [0.717, 1.165) is 15.4 Å². The van der Waals surface area contributed by atoms with E-state index in [9.17, 15) is 0 Å². The van der Waals surface area contributed by atoms with Gasteiger partial charge in [0.05, 0.1) is 0 Å². The number of benzene rings is 1. The summed E-state index contributed by atoms with van der Waals surface area (Å²) < 4.78 is 3.06. The first-order valence-corrected chi connectivity index (χ1v) is 7.44. The van der Waals surface area contributed by atoms with Crippen molar-refractivity contribution >= 4 is 33.6 Å². The largest absolute Gasteiger partial charge is 0.368 e. The molecule has 2 aromatic rings. The Hall–Kier alpha value is -1.01. The van der Waals surface area contributed by atoms with Gasteiger partial charge < -0.3 is 5.73 Å². The molecule has 2 N–H and O–H groups in total. The predicted molar refractivity (Wildman–Crippen MR) is 78.5 cm³/mol. The minimum atomic E-state index is 0.265. The molecule has 1 aromatic carbocycles. The van der Waals surface area contributed by atoms with E-state index in [2.05, 4.69) is 46.0 Å². The Morgan fingerprint density at radius 2 is 2.06 bits per heavy atom. The topological polar surface area (TPSA) is 56.7 Å². The van der Waals surface area contributed by atoms with Gasteiger partial charge in [-0.2, -0.15) is 0 Å². The van der Waals surface area contributed by atoms with Crippen LogP contribution in [0.4, 0.5) is 5.95 Å². The van der Waals surface area contributed by atoms with Crippen LogP contribution < -0.4 is 5.73 Å². The molecule has 0 aliphatic rings. The van der Waals surface area contributed by atoms with E-state index < -0.39 is 0 Å². The Morgan fingerprint density at radius 3 is 2.72 bits per heavy atom. The fourth-order valence-electron chi connectivity index (χ4n) is 1.63. The second-order valence-electron chi connectivity index (χ2n) is 4.18. The molecule has 0 aliphatic carbocycles. The van der Waals surface area contributed by atoms with Gasteiger partial charge in [0.2, 0.25) is 5.95 Å². The number of nitrogens with zero attached hydrogens (tertiary/aromatic N) is 3. The summed E-state index contributed by atoms with van der Waals surface area (Å²) in [7, 11) is 0. The fraction of sp³-hybridized carbons (Fsp3) is 0.333. The summed E-state index contributed by atoms with van der Waals surface area (Å²) in [5.74, 6) is 1.31. The zero-order valence-corrected chi connectivity index (χ0v) is 12.7. The van der Waals surface area contributed by atoms with Crippen molar-refractivity contribution in [1.82, 2.24) is 14.8 Å². The van der Waals surface area contributed by atoms with Crippen molar-refractivity contribution < 1.29 is 0 Å². The van der Waals surface area contributed by atoms with Crippen LogP contribution in [0.2, 0.25) is 0 Å². The summed E-state index contributed by atoms with van der Waals surface area (Å²) in [5, 5.41) is 8.91. The number of thioether (sulfide) groups is 1. The second-order valence-corrected chi connectivity index (χ2v) is 5.98. The Kier molecular flexibility index (Phi) is 4.29. The second kappa shape index (κ2) is 5.75. The average Bonchev–Trinajstić information content (AvgIpc) is 2.69. The number of nitrogen functional groups attached to an aromatic ring is 1. The van der Waals surface area contributed by atoms with E-state index in [4.69, 9.17) is 5.73 Å². The highest BCUT2D eigenvalue weighted by Gasteiger charge is 2.13. The Bertz CT molecular complexity index is 539. The molecule has 0 unspecified atom stereocenters. The summed E-state index contributed by atoms with van der Waals surface area (Å²) in [4.78, 5) is 0. The molecule has 4 nitrogen and oxygen atoms in total. The lowest BCUT2D eigenvalue weighted by Crippen LogP contribution is -2.07. The van der Waals surface area contributed by atoms with Gasteiger partial charge in [0.1, 0.15) is 0 Å². The van der Waals surface area contributed by atoms with Gasteiger partial charge in [0, 0.05) is 16.3 Å². The zero-order valence-electron chi connectivity index (χ0n) is 10.3. The van der Waals surface area contributed by atoms with Gasteiger partial charge in [0.15, 0.2) is 5.16 Å². The normalized spacial score (nSPS) is 11.1. The smallest absolute Gasteiger partial charge is 0.222 e. The van der Waals surface area contributed by atoms with Gasteiger partial charge >= 0.3 is 0 Å². The minimum absolute atomic E-state index is 0.265. The van der Waals surface area contributed by atoms with Gasteiger partial charge in [0.25, 0.3) is 0 Å². The molecule has 2 rings (SSSR count). The number of rotatable bonds is 4. The van der Waals surface area contributed by atoms with Crippen LogP contribution in [0.25, 0.3) is 0 Å². The molecule has 0 aliphatic heterocycles. The Labute approximate surface area is 119 Å². The maximum absolute atomic E-state index is 5.81. The molecule has 6 heteroatoms. The van der Waals surface area contributed by atoms with Crippen LogP contribution in [0.15, 0.2) is 33.9 Å². The first kappa shape index (κ1) is 13.4. The first-order chi connectivity index (χ1) is 8.59. The molecule has 0 saturated heterocycles. The standard InChI is InChI=1S/C12H15BrN4S/c1-8(2)17-11(14)15-16-12(17)18-7-9-5-3-4-6-10(9)13/h3-6,8H,7H2,1-2H3,(H2,14,15). The highest BCUT2D eigenvalue weighted by atomic mass is 79.9. The molecule has 1 heterocycles. The monoisotopic (exact) mass is 326 g/mol. The Balaban J connectivity index is 2.14. The number of hydrogen-bond acceptors (Lipinski definition) is 4. The van der Waals surface area contributed by atoms with Crippen LogP contribution in [0.3, 0.4) is 0 Å². The van der Waals surface area contributed by atoms with Crippen molar-refractivity contribution in [1.29, 1.82) is 0 Å². The third kappa shape index (κ3) is 2.87. The number of anilines is 1. The molecule has 0 radical (unpaired) electrons. The van der Waals surface area contributed by atoms with E-state index in [0.29, 0.717) is 5.95 Å². The lowest BCUT2D eigenvalue weighted by Gasteiger charge is -2.11. The number of hydrogen-bond donors (Lipinski definition) is 1. The van der Waals surface area contributed by atoms with E-state index in [1.54, 1.807) is 11.8 Å². The van der Waals surface area contributed by atoms with Gasteiger partial charge in [-0.05, 0) is 25.5 Å². The van der Waals surface area contributed by atoms with Crippen LogP contribution in [0, 0.1) is 0 Å². The van der Waals surface area contributed by atoms with Crippen molar-refractivity contribution in [3.05, 3.63) is 34.3 Å². The van der Waals surface area contributed by atoms with Crippen molar-refractivity contribution in [2.75, 3.05) is 5.73 Å². The van der Waals surface area contributed by atoms with Crippen molar-refractivity contribution in [3.8, 4) is 0 Å². The Morgan fingerprint density at radius 1 is 1.33 bits per heavy atom. The lowest BCUT2D eigenvalue weighted by atomic mass is 10.2. The molecule has 0 spiro atoms. The highest BCUT2D eigenvalue weighted by Crippen LogP contribution is 2.28. The SMILES string of the molecule is CC(C)n1c(N)nnc1SCc1ccccc1Br. The summed E-state index contributed by atoms with van der Waals surface area (Å²) in [6, 6.07) is 8.44. The molecule has 18 heavy (non-hydrogen) atoms. The number of halogens is 1. The molecule has 0 amide bonds. The van der Waals surface area contributed by atoms with E-state index in [1.165, 1.54) is 5.56 Å².